The van der Waals surface area contributed by atoms with E-state index < -0.39 is 24.9 Å². The van der Waals surface area contributed by atoms with E-state index in [-0.39, 0.29) is 17.9 Å². The molecule has 0 radical (unpaired) electrons. The standard InChI is InChI=1S/C12H13F3O4/c1-2-18-9-6-4-3-5-8(9)11(12(13,14)15)19-7-10(16)17/h3-6,11H,2,7H2,1H3,(H,16,17). The minimum Gasteiger partial charge on any atom is -0.493 e. The van der Waals surface area contributed by atoms with Gasteiger partial charge in [-0.05, 0) is 13.0 Å². The van der Waals surface area contributed by atoms with Gasteiger partial charge in [0.1, 0.15) is 12.4 Å². The highest BCUT2D eigenvalue weighted by atomic mass is 19.4. The Hall–Kier alpha value is -1.76. The van der Waals surface area contributed by atoms with Crippen LogP contribution >= 0.6 is 0 Å². The van der Waals surface area contributed by atoms with Crippen LogP contribution in [0.1, 0.15) is 18.6 Å². The van der Waals surface area contributed by atoms with Crippen molar-refractivity contribution in [1.82, 2.24) is 0 Å². The number of hydrogen-bond acceptors (Lipinski definition) is 3. The van der Waals surface area contributed by atoms with Crippen molar-refractivity contribution in [3.63, 3.8) is 0 Å². The molecular formula is C12H13F3O4. The molecule has 19 heavy (non-hydrogen) atoms. The number of ether oxygens (including phenoxy) is 2. The Balaban J connectivity index is 3.06. The molecule has 1 rings (SSSR count). The fourth-order valence-corrected chi connectivity index (χ4v) is 1.50. The average Bonchev–Trinajstić information content (AvgIpc) is 2.29. The second kappa shape index (κ2) is 6.42. The van der Waals surface area contributed by atoms with Crippen LogP contribution in [0, 0.1) is 0 Å². The Kier molecular flexibility index (Phi) is 5.17. The lowest BCUT2D eigenvalue weighted by Gasteiger charge is -2.22. The monoisotopic (exact) mass is 278 g/mol. The van der Waals surface area contributed by atoms with Gasteiger partial charge in [-0.15, -0.1) is 0 Å². The Labute approximate surface area is 107 Å². The van der Waals surface area contributed by atoms with Gasteiger partial charge in [0.25, 0.3) is 0 Å². The van der Waals surface area contributed by atoms with Gasteiger partial charge in [0.15, 0.2) is 6.10 Å². The van der Waals surface area contributed by atoms with Crippen molar-refractivity contribution in [2.75, 3.05) is 13.2 Å². The normalized spacial score (nSPS) is 13.1. The molecule has 0 fully saturated rings. The topological polar surface area (TPSA) is 55.8 Å². The average molecular weight is 278 g/mol. The number of hydrogen-bond donors (Lipinski definition) is 1. The summed E-state index contributed by atoms with van der Waals surface area (Å²) in [5.41, 5.74) is -0.238. The molecule has 0 saturated heterocycles. The van der Waals surface area contributed by atoms with Gasteiger partial charge >= 0.3 is 12.1 Å². The van der Waals surface area contributed by atoms with E-state index in [2.05, 4.69) is 4.74 Å². The number of rotatable bonds is 6. The lowest BCUT2D eigenvalue weighted by molar-refractivity contribution is -0.225. The highest BCUT2D eigenvalue weighted by Crippen LogP contribution is 2.39. The first kappa shape index (κ1) is 15.3. The summed E-state index contributed by atoms with van der Waals surface area (Å²) in [6, 6.07) is 5.51. The van der Waals surface area contributed by atoms with Crippen LogP contribution < -0.4 is 4.74 Å². The minimum atomic E-state index is -4.72. The molecule has 1 unspecified atom stereocenters. The number of alkyl halides is 3. The van der Waals surface area contributed by atoms with Crippen LogP contribution in [-0.4, -0.2) is 30.5 Å². The molecule has 0 saturated carbocycles. The van der Waals surface area contributed by atoms with E-state index >= 15 is 0 Å². The lowest BCUT2D eigenvalue weighted by atomic mass is 10.1. The van der Waals surface area contributed by atoms with Gasteiger partial charge in [0, 0.05) is 5.56 Å². The van der Waals surface area contributed by atoms with Crippen LogP contribution in [-0.2, 0) is 9.53 Å². The fraction of sp³-hybridized carbons (Fsp3) is 0.417. The summed E-state index contributed by atoms with van der Waals surface area (Å²) in [4.78, 5) is 10.3. The summed E-state index contributed by atoms with van der Waals surface area (Å²) in [7, 11) is 0. The summed E-state index contributed by atoms with van der Waals surface area (Å²) in [5.74, 6) is -1.44. The molecule has 106 valence electrons. The quantitative estimate of drug-likeness (QED) is 0.869. The number of carboxylic acid groups (broad SMARTS) is 1. The molecule has 0 aromatic heterocycles. The zero-order valence-corrected chi connectivity index (χ0v) is 10.1. The largest absolute Gasteiger partial charge is 0.493 e. The van der Waals surface area contributed by atoms with Gasteiger partial charge < -0.3 is 14.6 Å². The van der Waals surface area contributed by atoms with Crippen LogP contribution in [0.15, 0.2) is 24.3 Å². The molecule has 0 amide bonds. The van der Waals surface area contributed by atoms with Crippen LogP contribution in [0.25, 0.3) is 0 Å². The maximum absolute atomic E-state index is 12.9. The number of para-hydroxylation sites is 1. The van der Waals surface area contributed by atoms with E-state index in [9.17, 15) is 18.0 Å². The molecular weight excluding hydrogens is 265 g/mol. The predicted molar refractivity (Wildman–Crippen MR) is 60.0 cm³/mol. The molecule has 0 aliphatic rings. The first-order valence-electron chi connectivity index (χ1n) is 5.48. The summed E-state index contributed by atoms with van der Waals surface area (Å²) < 4.78 is 48.2. The van der Waals surface area contributed by atoms with E-state index in [4.69, 9.17) is 9.84 Å². The van der Waals surface area contributed by atoms with Gasteiger partial charge in [0.05, 0.1) is 6.61 Å². The van der Waals surface area contributed by atoms with Gasteiger partial charge in [-0.1, -0.05) is 18.2 Å². The number of aliphatic carboxylic acids is 1. The zero-order valence-electron chi connectivity index (χ0n) is 10.1. The number of carboxylic acids is 1. The van der Waals surface area contributed by atoms with Crippen LogP contribution in [0.3, 0.4) is 0 Å². The van der Waals surface area contributed by atoms with Crippen molar-refractivity contribution in [3.05, 3.63) is 29.8 Å². The molecule has 4 nitrogen and oxygen atoms in total. The Bertz CT molecular complexity index is 431. The molecule has 1 N–H and O–H groups in total. The van der Waals surface area contributed by atoms with E-state index in [0.717, 1.165) is 0 Å². The Morgan fingerprint density at radius 1 is 1.37 bits per heavy atom. The molecule has 0 bridgehead atoms. The van der Waals surface area contributed by atoms with Crippen molar-refractivity contribution in [3.8, 4) is 5.75 Å². The highest BCUT2D eigenvalue weighted by Gasteiger charge is 2.43. The zero-order chi connectivity index (χ0) is 14.5. The van der Waals surface area contributed by atoms with Gasteiger partial charge in [-0.2, -0.15) is 13.2 Å². The summed E-state index contributed by atoms with van der Waals surface area (Å²) in [6.45, 7) is 0.794. The van der Waals surface area contributed by atoms with Crippen LogP contribution in [0.5, 0.6) is 5.75 Å². The molecule has 0 spiro atoms. The predicted octanol–water partition coefficient (Wildman–Crippen LogP) is 2.79. The number of carbonyl (C=O) groups is 1. The van der Waals surface area contributed by atoms with E-state index in [1.165, 1.54) is 24.3 Å². The third-order valence-corrected chi connectivity index (χ3v) is 2.17. The summed E-state index contributed by atoms with van der Waals surface area (Å²) >= 11 is 0. The first-order valence-corrected chi connectivity index (χ1v) is 5.48. The lowest BCUT2D eigenvalue weighted by Crippen LogP contribution is -2.26. The molecule has 1 aromatic carbocycles. The van der Waals surface area contributed by atoms with Gasteiger partial charge in [-0.3, -0.25) is 0 Å². The summed E-state index contributed by atoms with van der Waals surface area (Å²) in [5, 5.41) is 8.42. The van der Waals surface area contributed by atoms with Gasteiger partial charge in [-0.25, -0.2) is 4.79 Å². The van der Waals surface area contributed by atoms with Crippen molar-refractivity contribution in [1.29, 1.82) is 0 Å². The van der Waals surface area contributed by atoms with Crippen molar-refractivity contribution in [2.45, 2.75) is 19.2 Å². The van der Waals surface area contributed by atoms with E-state index in [1.54, 1.807) is 6.92 Å². The maximum Gasteiger partial charge on any atom is 0.419 e. The molecule has 7 heteroatoms. The van der Waals surface area contributed by atoms with Gasteiger partial charge in [0.2, 0.25) is 0 Å². The molecule has 0 aliphatic carbocycles. The summed E-state index contributed by atoms with van der Waals surface area (Å²) in [6.07, 6.45) is -7.05. The number of benzene rings is 1. The smallest absolute Gasteiger partial charge is 0.419 e. The number of halogens is 3. The highest BCUT2D eigenvalue weighted by molar-refractivity contribution is 5.68. The second-order valence-electron chi connectivity index (χ2n) is 3.60. The van der Waals surface area contributed by atoms with E-state index in [0.29, 0.717) is 0 Å². The maximum atomic E-state index is 12.9. The van der Waals surface area contributed by atoms with Crippen molar-refractivity contribution >= 4 is 5.97 Å². The molecule has 0 heterocycles. The molecule has 0 aliphatic heterocycles. The Morgan fingerprint density at radius 2 is 2.00 bits per heavy atom. The second-order valence-corrected chi connectivity index (χ2v) is 3.60. The SMILES string of the molecule is CCOc1ccccc1C(OCC(=O)O)C(F)(F)F. The third kappa shape index (κ3) is 4.44. The van der Waals surface area contributed by atoms with Crippen LogP contribution in [0.2, 0.25) is 0 Å². The minimum absolute atomic E-state index is 0.0257. The van der Waals surface area contributed by atoms with Crippen molar-refractivity contribution in [2.24, 2.45) is 0 Å². The molecule has 1 aromatic rings. The molecule has 1 atom stereocenters. The van der Waals surface area contributed by atoms with Crippen LogP contribution in [0.4, 0.5) is 13.2 Å². The third-order valence-electron chi connectivity index (χ3n) is 2.17. The Morgan fingerprint density at radius 3 is 2.53 bits per heavy atom. The van der Waals surface area contributed by atoms with Crippen molar-refractivity contribution < 1.29 is 32.5 Å². The first-order chi connectivity index (χ1) is 8.86. The van der Waals surface area contributed by atoms with E-state index in [1.807, 2.05) is 0 Å². The fourth-order valence-electron chi connectivity index (χ4n) is 1.50.